The third-order valence-corrected chi connectivity index (χ3v) is 3.47. The minimum atomic E-state index is -0.708. The molecule has 0 heterocycles. The van der Waals surface area contributed by atoms with Crippen molar-refractivity contribution in [1.82, 2.24) is 10.6 Å². The first kappa shape index (κ1) is 19.6. The molecule has 0 saturated heterocycles. The van der Waals surface area contributed by atoms with Gasteiger partial charge in [0.15, 0.2) is 17.2 Å². The molecular weight excluding hydrogens is 354 g/mol. The molecule has 142 valence electrons. The molecule has 9 nitrogen and oxygen atoms in total. The van der Waals surface area contributed by atoms with Gasteiger partial charge in [-0.15, -0.1) is 0 Å². The Hall–Kier alpha value is -3.75. The molecule has 0 radical (unpaired) electrons. The van der Waals surface area contributed by atoms with Crippen molar-refractivity contribution in [3.8, 4) is 17.2 Å². The number of phenolic OH excluding ortho intramolecular Hbond substituents is 3. The van der Waals surface area contributed by atoms with Gasteiger partial charge in [0.2, 0.25) is 5.91 Å². The van der Waals surface area contributed by atoms with Crippen molar-refractivity contribution in [3.05, 3.63) is 47.5 Å². The first-order valence-corrected chi connectivity index (χ1v) is 7.97. The molecule has 2 aromatic rings. The summed E-state index contributed by atoms with van der Waals surface area (Å²) in [5.41, 5.74) is 0.800. The normalized spacial score (nSPS) is 10.1. The fraction of sp³-hybridized carbons (Fsp3) is 0.167. The number of carbonyl (C=O) groups is 3. The third kappa shape index (κ3) is 5.36. The summed E-state index contributed by atoms with van der Waals surface area (Å²) in [6, 6.07) is 8.41. The lowest BCUT2D eigenvalue weighted by Crippen LogP contribution is -2.34. The Kier molecular flexibility index (Phi) is 6.21. The van der Waals surface area contributed by atoms with Crippen molar-refractivity contribution >= 4 is 23.4 Å². The molecular formula is C18H19N3O6. The number of benzene rings is 2. The van der Waals surface area contributed by atoms with Crippen molar-refractivity contribution in [2.24, 2.45) is 0 Å². The van der Waals surface area contributed by atoms with Crippen LogP contribution in [0.3, 0.4) is 0 Å². The van der Waals surface area contributed by atoms with Crippen LogP contribution in [0, 0.1) is 0 Å². The van der Waals surface area contributed by atoms with E-state index in [9.17, 15) is 29.7 Å². The average molecular weight is 373 g/mol. The number of phenols is 3. The fourth-order valence-electron chi connectivity index (χ4n) is 2.23. The number of amides is 3. The van der Waals surface area contributed by atoms with Crippen molar-refractivity contribution in [1.29, 1.82) is 0 Å². The van der Waals surface area contributed by atoms with Gasteiger partial charge in [-0.3, -0.25) is 14.4 Å². The van der Waals surface area contributed by atoms with Crippen LogP contribution in [0.25, 0.3) is 0 Å². The Labute approximate surface area is 154 Å². The van der Waals surface area contributed by atoms with Gasteiger partial charge in [0.05, 0.1) is 0 Å². The number of hydrogen-bond donors (Lipinski definition) is 6. The molecule has 3 amide bonds. The summed E-state index contributed by atoms with van der Waals surface area (Å²) in [6.07, 6.45) is 0. The lowest BCUT2D eigenvalue weighted by Gasteiger charge is -2.09. The maximum atomic E-state index is 12.1. The number of hydrogen-bond acceptors (Lipinski definition) is 6. The molecule has 0 saturated carbocycles. The topological polar surface area (TPSA) is 148 Å². The zero-order chi connectivity index (χ0) is 20.0. The fourth-order valence-corrected chi connectivity index (χ4v) is 2.23. The second-order valence-electron chi connectivity index (χ2n) is 5.64. The van der Waals surface area contributed by atoms with Crippen LogP contribution in [-0.4, -0.2) is 46.1 Å². The molecule has 0 bridgehead atoms. The highest BCUT2D eigenvalue weighted by atomic mass is 16.3. The Balaban J connectivity index is 1.85. The number of rotatable bonds is 6. The van der Waals surface area contributed by atoms with E-state index >= 15 is 0 Å². The average Bonchev–Trinajstić information content (AvgIpc) is 2.62. The summed E-state index contributed by atoms with van der Waals surface area (Å²) < 4.78 is 0. The summed E-state index contributed by atoms with van der Waals surface area (Å²) in [4.78, 5) is 35.1. The van der Waals surface area contributed by atoms with Crippen molar-refractivity contribution in [2.45, 2.75) is 6.92 Å². The molecule has 0 spiro atoms. The highest BCUT2D eigenvalue weighted by Crippen LogP contribution is 2.35. The lowest BCUT2D eigenvalue weighted by molar-refractivity contribution is -0.114. The molecule has 0 fully saturated rings. The second kappa shape index (κ2) is 8.56. The Bertz CT molecular complexity index is 858. The van der Waals surface area contributed by atoms with E-state index in [0.717, 1.165) is 12.1 Å². The minimum absolute atomic E-state index is 0.0443. The van der Waals surface area contributed by atoms with E-state index in [2.05, 4.69) is 16.0 Å². The monoisotopic (exact) mass is 373 g/mol. The van der Waals surface area contributed by atoms with Gasteiger partial charge in [0.1, 0.15) is 0 Å². The van der Waals surface area contributed by atoms with Gasteiger partial charge < -0.3 is 31.3 Å². The predicted octanol–water partition coefficient (Wildman–Crippen LogP) is 0.922. The van der Waals surface area contributed by atoms with E-state index in [-0.39, 0.29) is 30.5 Å². The highest BCUT2D eigenvalue weighted by Gasteiger charge is 2.13. The van der Waals surface area contributed by atoms with E-state index in [1.165, 1.54) is 13.0 Å². The van der Waals surface area contributed by atoms with Crippen molar-refractivity contribution in [3.63, 3.8) is 0 Å². The van der Waals surface area contributed by atoms with Gasteiger partial charge in [-0.25, -0.2) is 0 Å². The zero-order valence-corrected chi connectivity index (χ0v) is 14.4. The van der Waals surface area contributed by atoms with Gasteiger partial charge in [0.25, 0.3) is 11.8 Å². The van der Waals surface area contributed by atoms with Gasteiger partial charge in [-0.1, -0.05) is 6.07 Å². The molecule has 6 N–H and O–H groups in total. The van der Waals surface area contributed by atoms with Crippen LogP contribution in [-0.2, 0) is 4.79 Å². The van der Waals surface area contributed by atoms with Gasteiger partial charge in [0, 0.05) is 36.8 Å². The highest BCUT2D eigenvalue weighted by molar-refractivity contribution is 5.97. The molecule has 0 aliphatic heterocycles. The smallest absolute Gasteiger partial charge is 0.251 e. The maximum absolute atomic E-state index is 12.1. The van der Waals surface area contributed by atoms with Crippen LogP contribution < -0.4 is 16.0 Å². The molecule has 2 aromatic carbocycles. The van der Waals surface area contributed by atoms with E-state index in [4.69, 9.17) is 0 Å². The van der Waals surface area contributed by atoms with Gasteiger partial charge in [-0.05, 0) is 30.3 Å². The third-order valence-electron chi connectivity index (χ3n) is 3.47. The molecule has 0 aliphatic carbocycles. The Morgan fingerprint density at radius 2 is 1.41 bits per heavy atom. The Morgan fingerprint density at radius 3 is 1.96 bits per heavy atom. The zero-order valence-electron chi connectivity index (χ0n) is 14.4. The number of anilines is 1. The quantitative estimate of drug-likeness (QED) is 0.328. The number of carbonyl (C=O) groups excluding carboxylic acids is 3. The van der Waals surface area contributed by atoms with Crippen LogP contribution in [0.4, 0.5) is 5.69 Å². The van der Waals surface area contributed by atoms with E-state index in [0.29, 0.717) is 11.3 Å². The van der Waals surface area contributed by atoms with Crippen LogP contribution in [0.2, 0.25) is 0 Å². The SMILES string of the molecule is CC(=O)Nc1cccc(C(=O)NCCNC(=O)c2cc(O)c(O)c(O)c2)c1. The van der Waals surface area contributed by atoms with Crippen LogP contribution in [0.1, 0.15) is 27.6 Å². The number of nitrogens with one attached hydrogen (secondary N) is 3. The van der Waals surface area contributed by atoms with Gasteiger partial charge >= 0.3 is 0 Å². The molecule has 27 heavy (non-hydrogen) atoms. The van der Waals surface area contributed by atoms with E-state index < -0.39 is 23.2 Å². The largest absolute Gasteiger partial charge is 0.504 e. The van der Waals surface area contributed by atoms with E-state index in [1.807, 2.05) is 0 Å². The molecule has 2 rings (SSSR count). The maximum Gasteiger partial charge on any atom is 0.251 e. The second-order valence-corrected chi connectivity index (χ2v) is 5.64. The van der Waals surface area contributed by atoms with E-state index in [1.54, 1.807) is 18.2 Å². The molecule has 9 heteroatoms. The van der Waals surface area contributed by atoms with Crippen LogP contribution >= 0.6 is 0 Å². The first-order valence-electron chi connectivity index (χ1n) is 7.97. The molecule has 0 atom stereocenters. The van der Waals surface area contributed by atoms with Crippen molar-refractivity contribution in [2.75, 3.05) is 18.4 Å². The predicted molar refractivity (Wildman–Crippen MR) is 96.8 cm³/mol. The van der Waals surface area contributed by atoms with Crippen molar-refractivity contribution < 1.29 is 29.7 Å². The summed E-state index contributed by atoms with van der Waals surface area (Å²) in [5, 5.41) is 35.8. The van der Waals surface area contributed by atoms with Crippen LogP contribution in [0.5, 0.6) is 17.2 Å². The number of aromatic hydroxyl groups is 3. The first-order chi connectivity index (χ1) is 12.8. The van der Waals surface area contributed by atoms with Crippen LogP contribution in [0.15, 0.2) is 36.4 Å². The Morgan fingerprint density at radius 1 is 0.852 bits per heavy atom. The molecule has 0 aromatic heterocycles. The standard InChI is InChI=1S/C18H19N3O6/c1-10(22)21-13-4-2-3-11(7-13)17(26)19-5-6-20-18(27)12-8-14(23)16(25)15(24)9-12/h2-4,7-9,23-25H,5-6H2,1H3,(H,19,26)(H,20,27)(H,21,22). The molecule has 0 aliphatic rings. The van der Waals surface area contributed by atoms with Gasteiger partial charge in [-0.2, -0.15) is 0 Å². The molecule has 0 unspecified atom stereocenters. The summed E-state index contributed by atoms with van der Waals surface area (Å²) in [6.45, 7) is 1.59. The summed E-state index contributed by atoms with van der Waals surface area (Å²) in [7, 11) is 0. The minimum Gasteiger partial charge on any atom is -0.504 e. The summed E-state index contributed by atoms with van der Waals surface area (Å²) in [5.74, 6) is -3.17. The lowest BCUT2D eigenvalue weighted by atomic mass is 10.1. The summed E-state index contributed by atoms with van der Waals surface area (Å²) >= 11 is 0.